The van der Waals surface area contributed by atoms with Crippen molar-refractivity contribution in [1.29, 1.82) is 0 Å². The standard InChI is InChI=1S/C20H22N4OS/c1-3-16-6-10-19(11-7-16)25-14-24-13-18(12-21-24)23-20(26)22-17-8-4-15(2)5-9-17/h4-13H,3,14H2,1-2H3,(H2,22,23,26). The smallest absolute Gasteiger partial charge is 0.180 e. The zero-order chi connectivity index (χ0) is 18.4. The number of nitrogens with one attached hydrogen (secondary N) is 2. The molecule has 0 bridgehead atoms. The molecule has 0 aliphatic heterocycles. The molecule has 0 aliphatic rings. The van der Waals surface area contributed by atoms with Crippen LogP contribution in [-0.2, 0) is 13.2 Å². The average molecular weight is 366 g/mol. The number of aryl methyl sites for hydroxylation is 2. The van der Waals surface area contributed by atoms with Crippen LogP contribution in [0.3, 0.4) is 0 Å². The summed E-state index contributed by atoms with van der Waals surface area (Å²) >= 11 is 5.33. The highest BCUT2D eigenvalue weighted by Gasteiger charge is 2.03. The van der Waals surface area contributed by atoms with E-state index in [1.54, 1.807) is 10.9 Å². The van der Waals surface area contributed by atoms with Crippen LogP contribution in [-0.4, -0.2) is 14.9 Å². The molecule has 0 saturated heterocycles. The monoisotopic (exact) mass is 366 g/mol. The Morgan fingerprint density at radius 2 is 1.73 bits per heavy atom. The third-order valence-electron chi connectivity index (χ3n) is 3.90. The van der Waals surface area contributed by atoms with E-state index in [1.165, 1.54) is 11.1 Å². The molecule has 0 amide bonds. The van der Waals surface area contributed by atoms with Gasteiger partial charge in [0.1, 0.15) is 5.75 Å². The molecule has 2 N–H and O–H groups in total. The van der Waals surface area contributed by atoms with Crippen LogP contribution in [0.4, 0.5) is 11.4 Å². The molecule has 134 valence electrons. The summed E-state index contributed by atoms with van der Waals surface area (Å²) in [6.07, 6.45) is 4.58. The number of hydrogen-bond acceptors (Lipinski definition) is 3. The molecule has 0 aliphatic carbocycles. The molecule has 1 aromatic heterocycles. The summed E-state index contributed by atoms with van der Waals surface area (Å²) in [4.78, 5) is 0. The summed E-state index contributed by atoms with van der Waals surface area (Å²) in [6.45, 7) is 4.52. The van der Waals surface area contributed by atoms with E-state index < -0.39 is 0 Å². The molecule has 3 rings (SSSR count). The maximum atomic E-state index is 5.74. The van der Waals surface area contributed by atoms with Crippen molar-refractivity contribution in [2.75, 3.05) is 10.6 Å². The summed E-state index contributed by atoms with van der Waals surface area (Å²) in [6, 6.07) is 16.1. The predicted molar refractivity (Wildman–Crippen MR) is 110 cm³/mol. The fourth-order valence-electron chi connectivity index (χ4n) is 2.39. The number of hydrogen-bond donors (Lipinski definition) is 2. The van der Waals surface area contributed by atoms with Gasteiger partial charge in [0.05, 0.1) is 18.1 Å². The molecule has 6 heteroatoms. The van der Waals surface area contributed by atoms with Crippen molar-refractivity contribution in [1.82, 2.24) is 9.78 Å². The maximum Gasteiger partial charge on any atom is 0.180 e. The second-order valence-corrected chi connectivity index (χ2v) is 6.39. The Morgan fingerprint density at radius 3 is 2.42 bits per heavy atom. The molecule has 26 heavy (non-hydrogen) atoms. The minimum absolute atomic E-state index is 0.339. The highest BCUT2D eigenvalue weighted by atomic mass is 32.1. The van der Waals surface area contributed by atoms with Gasteiger partial charge in [-0.1, -0.05) is 36.8 Å². The third kappa shape index (κ3) is 5.07. The molecule has 3 aromatic rings. The van der Waals surface area contributed by atoms with Gasteiger partial charge in [0.15, 0.2) is 11.8 Å². The van der Waals surface area contributed by atoms with Gasteiger partial charge in [-0.05, 0) is 55.4 Å². The summed E-state index contributed by atoms with van der Waals surface area (Å²) in [5, 5.41) is 11.1. The van der Waals surface area contributed by atoms with Gasteiger partial charge in [-0.2, -0.15) is 5.10 Å². The number of ether oxygens (including phenoxy) is 1. The first-order valence-corrected chi connectivity index (χ1v) is 8.92. The first kappa shape index (κ1) is 17.9. The number of anilines is 2. The van der Waals surface area contributed by atoms with Crippen LogP contribution in [0.1, 0.15) is 18.1 Å². The third-order valence-corrected chi connectivity index (χ3v) is 4.10. The fraction of sp³-hybridized carbons (Fsp3) is 0.200. The van der Waals surface area contributed by atoms with Crippen molar-refractivity contribution < 1.29 is 4.74 Å². The number of benzene rings is 2. The van der Waals surface area contributed by atoms with Gasteiger partial charge in [-0.15, -0.1) is 0 Å². The quantitative estimate of drug-likeness (QED) is 0.625. The number of thiocarbonyl (C=S) groups is 1. The van der Waals surface area contributed by atoms with E-state index in [-0.39, 0.29) is 0 Å². The van der Waals surface area contributed by atoms with Crippen molar-refractivity contribution in [3.8, 4) is 5.75 Å². The Balaban J connectivity index is 1.50. The van der Waals surface area contributed by atoms with Crippen molar-refractivity contribution in [3.05, 3.63) is 72.1 Å². The van der Waals surface area contributed by atoms with E-state index in [1.807, 2.05) is 42.6 Å². The molecule has 0 fully saturated rings. The number of nitrogens with zero attached hydrogens (tertiary/aromatic N) is 2. The van der Waals surface area contributed by atoms with Crippen molar-refractivity contribution in [3.63, 3.8) is 0 Å². The number of aromatic nitrogens is 2. The van der Waals surface area contributed by atoms with E-state index >= 15 is 0 Å². The van der Waals surface area contributed by atoms with Gasteiger partial charge in [-0.3, -0.25) is 0 Å². The highest BCUT2D eigenvalue weighted by molar-refractivity contribution is 7.80. The zero-order valence-electron chi connectivity index (χ0n) is 14.9. The molecule has 0 atom stereocenters. The molecular weight excluding hydrogens is 344 g/mol. The summed E-state index contributed by atoms with van der Waals surface area (Å²) in [5.74, 6) is 0.823. The first-order chi connectivity index (χ1) is 12.6. The minimum atomic E-state index is 0.339. The van der Waals surface area contributed by atoms with Crippen LogP contribution in [0.5, 0.6) is 5.75 Å². The normalized spacial score (nSPS) is 10.4. The molecule has 1 heterocycles. The van der Waals surface area contributed by atoms with Gasteiger partial charge >= 0.3 is 0 Å². The lowest BCUT2D eigenvalue weighted by molar-refractivity contribution is 0.221. The second kappa shape index (κ2) is 8.49. The van der Waals surface area contributed by atoms with Crippen LogP contribution >= 0.6 is 12.2 Å². The lowest BCUT2D eigenvalue weighted by atomic mass is 10.2. The van der Waals surface area contributed by atoms with Crippen LogP contribution < -0.4 is 15.4 Å². The van der Waals surface area contributed by atoms with Crippen LogP contribution in [0.15, 0.2) is 60.9 Å². The largest absolute Gasteiger partial charge is 0.471 e. The Bertz CT molecular complexity index is 856. The van der Waals surface area contributed by atoms with E-state index in [4.69, 9.17) is 17.0 Å². The Hall–Kier alpha value is -2.86. The second-order valence-electron chi connectivity index (χ2n) is 5.98. The molecule has 5 nitrogen and oxygen atoms in total. The van der Waals surface area contributed by atoms with E-state index in [0.717, 1.165) is 23.5 Å². The van der Waals surface area contributed by atoms with Crippen molar-refractivity contribution >= 4 is 28.7 Å². The van der Waals surface area contributed by atoms with Gasteiger partial charge in [-0.25, -0.2) is 4.68 Å². The van der Waals surface area contributed by atoms with E-state index in [9.17, 15) is 0 Å². The minimum Gasteiger partial charge on any atom is -0.471 e. The Labute approximate surface area is 159 Å². The summed E-state index contributed by atoms with van der Waals surface area (Å²) in [7, 11) is 0. The maximum absolute atomic E-state index is 5.74. The molecule has 2 aromatic carbocycles. The molecule has 0 saturated carbocycles. The Kier molecular flexibility index (Phi) is 5.86. The van der Waals surface area contributed by atoms with Gasteiger partial charge in [0.25, 0.3) is 0 Å². The number of rotatable bonds is 6. The van der Waals surface area contributed by atoms with Crippen LogP contribution in [0, 0.1) is 6.92 Å². The SMILES string of the molecule is CCc1ccc(OCn2cc(NC(=S)Nc3ccc(C)cc3)cn2)cc1. The van der Waals surface area contributed by atoms with Crippen LogP contribution in [0.25, 0.3) is 0 Å². The van der Waals surface area contributed by atoms with Gasteiger partial charge in [0, 0.05) is 5.69 Å². The molecule has 0 spiro atoms. The predicted octanol–water partition coefficient (Wildman–Crippen LogP) is 4.60. The summed E-state index contributed by atoms with van der Waals surface area (Å²) in [5.41, 5.74) is 4.25. The van der Waals surface area contributed by atoms with E-state index in [0.29, 0.717) is 11.8 Å². The zero-order valence-corrected chi connectivity index (χ0v) is 15.7. The van der Waals surface area contributed by atoms with Crippen molar-refractivity contribution in [2.45, 2.75) is 27.0 Å². The van der Waals surface area contributed by atoms with Crippen molar-refractivity contribution in [2.24, 2.45) is 0 Å². The highest BCUT2D eigenvalue weighted by Crippen LogP contribution is 2.14. The topological polar surface area (TPSA) is 51.1 Å². The Morgan fingerprint density at radius 1 is 1.04 bits per heavy atom. The first-order valence-electron chi connectivity index (χ1n) is 8.51. The van der Waals surface area contributed by atoms with Crippen LogP contribution in [0.2, 0.25) is 0 Å². The van der Waals surface area contributed by atoms with Gasteiger partial charge < -0.3 is 15.4 Å². The fourth-order valence-corrected chi connectivity index (χ4v) is 2.63. The summed E-state index contributed by atoms with van der Waals surface area (Å²) < 4.78 is 7.45. The lowest BCUT2D eigenvalue weighted by Crippen LogP contribution is -2.18. The van der Waals surface area contributed by atoms with Gasteiger partial charge in [0.2, 0.25) is 0 Å². The lowest BCUT2D eigenvalue weighted by Gasteiger charge is -2.09. The molecule has 0 radical (unpaired) electrons. The molecule has 0 unspecified atom stereocenters. The molecular formula is C20H22N4OS. The average Bonchev–Trinajstić information content (AvgIpc) is 3.09. The van der Waals surface area contributed by atoms with E-state index in [2.05, 4.69) is 41.7 Å².